The Labute approximate surface area is 94.4 Å². The van der Waals surface area contributed by atoms with Gasteiger partial charge in [0.25, 0.3) is 0 Å². The van der Waals surface area contributed by atoms with Gasteiger partial charge in [-0.05, 0) is 32.3 Å². The molecule has 0 unspecified atom stereocenters. The number of hydrogen-bond acceptors (Lipinski definition) is 3. The second-order valence-electron chi connectivity index (χ2n) is 3.63. The van der Waals surface area contributed by atoms with Crippen molar-refractivity contribution < 1.29 is 9.59 Å². The first-order valence-electron chi connectivity index (χ1n) is 4.86. The standard InChI is InChI=1S/C11H15N3O2/c1-14(2)7-11(16)13-10-5-3-4-9(6-10)12-8-15/h3-6,8H,7H2,1-2H3,(H,12,15)(H,13,16). The summed E-state index contributed by atoms with van der Waals surface area (Å²) >= 11 is 0. The molecule has 0 aliphatic carbocycles. The molecule has 1 rings (SSSR count). The quantitative estimate of drug-likeness (QED) is 0.721. The zero-order valence-electron chi connectivity index (χ0n) is 9.36. The van der Waals surface area contributed by atoms with Gasteiger partial charge in [0.2, 0.25) is 12.3 Å². The zero-order chi connectivity index (χ0) is 12.0. The number of carbonyl (C=O) groups excluding carboxylic acids is 2. The number of carbonyl (C=O) groups is 2. The van der Waals surface area contributed by atoms with Crippen molar-refractivity contribution in [2.45, 2.75) is 0 Å². The third-order valence-corrected chi connectivity index (χ3v) is 1.83. The first kappa shape index (κ1) is 12.2. The Morgan fingerprint density at radius 1 is 1.38 bits per heavy atom. The van der Waals surface area contributed by atoms with E-state index in [4.69, 9.17) is 0 Å². The van der Waals surface area contributed by atoms with Gasteiger partial charge in [0.1, 0.15) is 0 Å². The van der Waals surface area contributed by atoms with Crippen LogP contribution in [0, 0.1) is 0 Å². The molecule has 2 N–H and O–H groups in total. The Morgan fingerprint density at radius 2 is 2.06 bits per heavy atom. The fourth-order valence-electron chi connectivity index (χ4n) is 1.24. The highest BCUT2D eigenvalue weighted by Crippen LogP contribution is 2.14. The summed E-state index contributed by atoms with van der Waals surface area (Å²) in [6.45, 7) is 0.325. The molecule has 0 aliphatic heterocycles. The minimum atomic E-state index is -0.0896. The molecule has 0 fully saturated rings. The van der Waals surface area contributed by atoms with Crippen molar-refractivity contribution in [3.63, 3.8) is 0 Å². The third kappa shape index (κ3) is 4.10. The van der Waals surface area contributed by atoms with E-state index in [-0.39, 0.29) is 5.91 Å². The highest BCUT2D eigenvalue weighted by Gasteiger charge is 2.03. The number of nitrogens with one attached hydrogen (secondary N) is 2. The van der Waals surface area contributed by atoms with E-state index in [2.05, 4.69) is 10.6 Å². The van der Waals surface area contributed by atoms with Crippen LogP contribution in [0.3, 0.4) is 0 Å². The van der Waals surface area contributed by atoms with E-state index in [1.54, 1.807) is 29.2 Å². The SMILES string of the molecule is CN(C)CC(=O)Nc1cccc(NC=O)c1. The molecule has 0 saturated carbocycles. The Hall–Kier alpha value is -1.88. The van der Waals surface area contributed by atoms with Gasteiger partial charge < -0.3 is 15.5 Å². The largest absolute Gasteiger partial charge is 0.329 e. The molecule has 2 amide bonds. The highest BCUT2D eigenvalue weighted by molar-refractivity contribution is 5.93. The number of anilines is 2. The average molecular weight is 221 g/mol. The second-order valence-corrected chi connectivity index (χ2v) is 3.63. The van der Waals surface area contributed by atoms with Crippen LogP contribution < -0.4 is 10.6 Å². The lowest BCUT2D eigenvalue weighted by Crippen LogP contribution is -2.27. The molecule has 1 aromatic rings. The Bertz CT molecular complexity index is 377. The Balaban J connectivity index is 2.62. The molecular formula is C11H15N3O2. The normalized spacial score (nSPS) is 9.94. The summed E-state index contributed by atoms with van der Waals surface area (Å²) < 4.78 is 0. The van der Waals surface area contributed by atoms with Crippen molar-refractivity contribution in [1.82, 2.24) is 4.90 Å². The maximum absolute atomic E-state index is 11.4. The second kappa shape index (κ2) is 5.87. The molecule has 5 heteroatoms. The molecule has 0 bridgehead atoms. The van der Waals surface area contributed by atoms with Crippen LogP contribution in [0.25, 0.3) is 0 Å². The number of amides is 2. The minimum Gasteiger partial charge on any atom is -0.329 e. The molecule has 16 heavy (non-hydrogen) atoms. The van der Waals surface area contributed by atoms with Gasteiger partial charge in [-0.3, -0.25) is 9.59 Å². The third-order valence-electron chi connectivity index (χ3n) is 1.83. The Morgan fingerprint density at radius 3 is 2.69 bits per heavy atom. The number of rotatable bonds is 5. The van der Waals surface area contributed by atoms with Gasteiger partial charge in [-0.25, -0.2) is 0 Å². The van der Waals surface area contributed by atoms with E-state index in [1.165, 1.54) is 0 Å². The van der Waals surface area contributed by atoms with Gasteiger partial charge in [-0.2, -0.15) is 0 Å². The van der Waals surface area contributed by atoms with Gasteiger partial charge >= 0.3 is 0 Å². The molecule has 5 nitrogen and oxygen atoms in total. The lowest BCUT2D eigenvalue weighted by atomic mass is 10.2. The van der Waals surface area contributed by atoms with E-state index in [0.29, 0.717) is 24.3 Å². The molecule has 0 aliphatic rings. The molecular weight excluding hydrogens is 206 g/mol. The molecule has 0 radical (unpaired) electrons. The summed E-state index contributed by atoms with van der Waals surface area (Å²) in [5.74, 6) is -0.0896. The minimum absolute atomic E-state index is 0.0896. The summed E-state index contributed by atoms with van der Waals surface area (Å²) in [4.78, 5) is 23.5. The van der Waals surface area contributed by atoms with Gasteiger partial charge in [0, 0.05) is 11.4 Å². The van der Waals surface area contributed by atoms with Crippen LogP contribution in [-0.2, 0) is 9.59 Å². The van der Waals surface area contributed by atoms with E-state index < -0.39 is 0 Å². The monoisotopic (exact) mass is 221 g/mol. The van der Waals surface area contributed by atoms with Crippen LogP contribution in [-0.4, -0.2) is 37.9 Å². The topological polar surface area (TPSA) is 61.4 Å². The average Bonchev–Trinajstić information content (AvgIpc) is 2.17. The molecule has 0 aromatic heterocycles. The van der Waals surface area contributed by atoms with Crippen LogP contribution in [0.4, 0.5) is 11.4 Å². The summed E-state index contributed by atoms with van der Waals surface area (Å²) in [7, 11) is 3.65. The fourth-order valence-corrected chi connectivity index (χ4v) is 1.24. The zero-order valence-corrected chi connectivity index (χ0v) is 9.36. The van der Waals surface area contributed by atoms with Crippen LogP contribution in [0.15, 0.2) is 24.3 Å². The van der Waals surface area contributed by atoms with Crippen molar-refractivity contribution in [3.05, 3.63) is 24.3 Å². The predicted octanol–water partition coefficient (Wildman–Crippen LogP) is 0.755. The summed E-state index contributed by atoms with van der Waals surface area (Å²) in [6, 6.07) is 6.97. The number of benzene rings is 1. The van der Waals surface area contributed by atoms with Crippen molar-refractivity contribution >= 4 is 23.7 Å². The van der Waals surface area contributed by atoms with Crippen molar-refractivity contribution in [3.8, 4) is 0 Å². The first-order valence-corrected chi connectivity index (χ1v) is 4.86. The lowest BCUT2D eigenvalue weighted by molar-refractivity contribution is -0.116. The van der Waals surface area contributed by atoms with Crippen molar-refractivity contribution in [2.75, 3.05) is 31.3 Å². The summed E-state index contributed by atoms with van der Waals surface area (Å²) in [6.07, 6.45) is 0.598. The van der Waals surface area contributed by atoms with Gasteiger partial charge in [0.05, 0.1) is 6.54 Å². The number of hydrogen-bond donors (Lipinski definition) is 2. The van der Waals surface area contributed by atoms with Gasteiger partial charge in [-0.15, -0.1) is 0 Å². The molecule has 86 valence electrons. The first-order chi connectivity index (χ1) is 7.61. The molecule has 0 atom stereocenters. The van der Waals surface area contributed by atoms with Crippen LogP contribution in [0.2, 0.25) is 0 Å². The smallest absolute Gasteiger partial charge is 0.238 e. The van der Waals surface area contributed by atoms with E-state index in [9.17, 15) is 9.59 Å². The van der Waals surface area contributed by atoms with Crippen LogP contribution in [0.1, 0.15) is 0 Å². The van der Waals surface area contributed by atoms with E-state index in [0.717, 1.165) is 0 Å². The number of likely N-dealkylation sites (N-methyl/N-ethyl adjacent to an activating group) is 1. The van der Waals surface area contributed by atoms with Crippen LogP contribution in [0.5, 0.6) is 0 Å². The van der Waals surface area contributed by atoms with E-state index in [1.807, 2.05) is 14.1 Å². The van der Waals surface area contributed by atoms with Crippen molar-refractivity contribution in [2.24, 2.45) is 0 Å². The van der Waals surface area contributed by atoms with Gasteiger partial charge in [0.15, 0.2) is 0 Å². The molecule has 1 aromatic carbocycles. The van der Waals surface area contributed by atoms with Gasteiger partial charge in [-0.1, -0.05) is 6.07 Å². The van der Waals surface area contributed by atoms with Crippen molar-refractivity contribution in [1.29, 1.82) is 0 Å². The lowest BCUT2D eigenvalue weighted by Gasteiger charge is -2.10. The van der Waals surface area contributed by atoms with Crippen LogP contribution >= 0.6 is 0 Å². The predicted molar refractivity (Wildman–Crippen MR) is 63.3 cm³/mol. The Kier molecular flexibility index (Phi) is 4.47. The highest BCUT2D eigenvalue weighted by atomic mass is 16.2. The molecule has 0 spiro atoms. The summed E-state index contributed by atoms with van der Waals surface area (Å²) in [5.41, 5.74) is 1.32. The summed E-state index contributed by atoms with van der Waals surface area (Å²) in [5, 5.41) is 5.26. The number of nitrogens with zero attached hydrogens (tertiary/aromatic N) is 1. The maximum Gasteiger partial charge on any atom is 0.238 e. The maximum atomic E-state index is 11.4. The molecule has 0 saturated heterocycles. The fraction of sp³-hybridized carbons (Fsp3) is 0.273. The van der Waals surface area contributed by atoms with E-state index >= 15 is 0 Å². The molecule has 0 heterocycles.